The van der Waals surface area contributed by atoms with Gasteiger partial charge in [0.1, 0.15) is 10.5 Å². The van der Waals surface area contributed by atoms with Crippen LogP contribution in [0, 0.1) is 6.92 Å². The zero-order chi connectivity index (χ0) is 20.5. The molecule has 0 aliphatic heterocycles. The fraction of sp³-hybridized carbons (Fsp3) is 0.167. The van der Waals surface area contributed by atoms with Gasteiger partial charge in [-0.1, -0.05) is 15.9 Å². The Morgan fingerprint density at radius 3 is 2.46 bits per heavy atom. The van der Waals surface area contributed by atoms with E-state index in [0.717, 1.165) is 21.9 Å². The first-order valence-corrected chi connectivity index (χ1v) is 9.57. The lowest BCUT2D eigenvalue weighted by Gasteiger charge is -2.07. The second-order valence-corrected chi connectivity index (χ2v) is 7.76. The maximum absolute atomic E-state index is 12.8. The molecule has 2 N–H and O–H groups in total. The Hall–Kier alpha value is -2.46. The molecule has 0 saturated heterocycles. The van der Waals surface area contributed by atoms with Gasteiger partial charge in [0.25, 0.3) is 5.91 Å². The van der Waals surface area contributed by atoms with Crippen molar-refractivity contribution in [3.8, 4) is 0 Å². The zero-order valence-electron chi connectivity index (χ0n) is 14.4. The average molecular weight is 472 g/mol. The van der Waals surface area contributed by atoms with Gasteiger partial charge in [0.05, 0.1) is 11.4 Å². The number of amides is 2. The van der Waals surface area contributed by atoms with E-state index < -0.39 is 23.7 Å². The summed E-state index contributed by atoms with van der Waals surface area (Å²) < 4.78 is 39.3. The summed E-state index contributed by atoms with van der Waals surface area (Å²) in [5.74, 6) is -0.966. The Balaban J connectivity index is 1.70. The maximum Gasteiger partial charge on any atom is 0.433 e. The molecule has 28 heavy (non-hydrogen) atoms. The van der Waals surface area contributed by atoms with E-state index >= 15 is 0 Å². The predicted octanol–water partition coefficient (Wildman–Crippen LogP) is 4.75. The van der Waals surface area contributed by atoms with Crippen LogP contribution in [-0.4, -0.2) is 23.3 Å². The highest BCUT2D eigenvalue weighted by atomic mass is 79.9. The minimum atomic E-state index is -4.56. The minimum absolute atomic E-state index is 0.122. The van der Waals surface area contributed by atoms with E-state index in [2.05, 4.69) is 31.5 Å². The van der Waals surface area contributed by atoms with Gasteiger partial charge in [-0.05, 0) is 48.9 Å². The number of nitrogens with one attached hydrogen (secondary N) is 2. The third-order valence-corrected chi connectivity index (χ3v) is 5.57. The number of fused-ring (bicyclic) bond motifs is 1. The molecule has 0 saturated carbocycles. The molecule has 0 radical (unpaired) electrons. The summed E-state index contributed by atoms with van der Waals surface area (Å²) in [6.45, 7) is 1.36. The average Bonchev–Trinajstić information content (AvgIpc) is 2.97. The predicted molar refractivity (Wildman–Crippen MR) is 104 cm³/mol. The highest BCUT2D eigenvalue weighted by molar-refractivity contribution is 9.10. The fourth-order valence-corrected chi connectivity index (χ4v) is 3.81. The molecular weight excluding hydrogens is 459 g/mol. The summed E-state index contributed by atoms with van der Waals surface area (Å²) in [5.41, 5.74) is 0.0819. The van der Waals surface area contributed by atoms with Gasteiger partial charge in [0.15, 0.2) is 0 Å². The van der Waals surface area contributed by atoms with Crippen molar-refractivity contribution < 1.29 is 22.8 Å². The number of hydrogen-bond donors (Lipinski definition) is 2. The smallest absolute Gasteiger partial charge is 0.342 e. The van der Waals surface area contributed by atoms with Gasteiger partial charge in [-0.3, -0.25) is 9.59 Å². The molecule has 2 aromatic heterocycles. The summed E-state index contributed by atoms with van der Waals surface area (Å²) in [6, 6.07) is 9.10. The molecule has 0 unspecified atom stereocenters. The number of carbonyl (C=O) groups is 2. The number of pyridine rings is 1. The van der Waals surface area contributed by atoms with E-state index in [9.17, 15) is 22.8 Å². The Morgan fingerprint density at radius 1 is 1.14 bits per heavy atom. The molecule has 0 aliphatic carbocycles. The molecule has 0 bridgehead atoms. The number of aromatic nitrogens is 1. The SMILES string of the molecule is Cc1c(C(=O)NCC(=O)Nc2ccc(Br)cc2)sc2nc(C(F)(F)F)ccc12. The van der Waals surface area contributed by atoms with Gasteiger partial charge < -0.3 is 10.6 Å². The van der Waals surface area contributed by atoms with Crippen LogP contribution in [0.25, 0.3) is 10.2 Å². The van der Waals surface area contributed by atoms with Crippen LogP contribution in [0.2, 0.25) is 0 Å². The first-order chi connectivity index (χ1) is 13.1. The monoisotopic (exact) mass is 471 g/mol. The van der Waals surface area contributed by atoms with Crippen LogP contribution in [0.4, 0.5) is 18.9 Å². The van der Waals surface area contributed by atoms with Crippen LogP contribution in [0.3, 0.4) is 0 Å². The Labute approximate surface area is 170 Å². The van der Waals surface area contributed by atoms with Crippen LogP contribution >= 0.6 is 27.3 Å². The number of aryl methyl sites for hydroxylation is 1. The molecule has 146 valence electrons. The lowest BCUT2D eigenvalue weighted by Crippen LogP contribution is -2.32. The van der Waals surface area contributed by atoms with Crippen LogP contribution in [0.5, 0.6) is 0 Å². The number of anilines is 1. The molecule has 2 amide bonds. The third-order valence-electron chi connectivity index (χ3n) is 3.84. The standard InChI is InChI=1S/C18H13BrF3N3O2S/c1-9-12-6-7-13(18(20,21)22)25-17(12)28-15(9)16(27)23-8-14(26)24-11-4-2-10(19)3-5-11/h2-7H,8H2,1H3,(H,23,27)(H,24,26). The zero-order valence-corrected chi connectivity index (χ0v) is 16.8. The van der Waals surface area contributed by atoms with Crippen molar-refractivity contribution in [1.82, 2.24) is 10.3 Å². The number of rotatable bonds is 4. The molecule has 1 aromatic carbocycles. The molecule has 0 atom stereocenters. The van der Waals surface area contributed by atoms with Crippen molar-refractivity contribution in [2.24, 2.45) is 0 Å². The van der Waals surface area contributed by atoms with Crippen molar-refractivity contribution in [2.75, 3.05) is 11.9 Å². The molecule has 2 heterocycles. The van der Waals surface area contributed by atoms with Crippen molar-refractivity contribution in [1.29, 1.82) is 0 Å². The summed E-state index contributed by atoms with van der Waals surface area (Å²) in [7, 11) is 0. The van der Waals surface area contributed by atoms with Crippen molar-refractivity contribution in [3.63, 3.8) is 0 Å². The highest BCUT2D eigenvalue weighted by Gasteiger charge is 2.33. The van der Waals surface area contributed by atoms with Gasteiger partial charge in [-0.2, -0.15) is 13.2 Å². The van der Waals surface area contributed by atoms with Gasteiger partial charge in [0, 0.05) is 15.5 Å². The molecule has 0 aliphatic rings. The lowest BCUT2D eigenvalue weighted by atomic mass is 10.2. The summed E-state index contributed by atoms with van der Waals surface area (Å²) >= 11 is 4.15. The molecule has 10 heteroatoms. The van der Waals surface area contributed by atoms with Gasteiger partial charge in [-0.15, -0.1) is 11.3 Å². The Kier molecular flexibility index (Phi) is 5.71. The number of halogens is 4. The Bertz CT molecular complexity index is 1050. The number of carbonyl (C=O) groups excluding carboxylic acids is 2. The van der Waals surface area contributed by atoms with Crippen LogP contribution in [-0.2, 0) is 11.0 Å². The second-order valence-electron chi connectivity index (χ2n) is 5.84. The quantitative estimate of drug-likeness (QED) is 0.576. The molecule has 0 fully saturated rings. The number of alkyl halides is 3. The highest BCUT2D eigenvalue weighted by Crippen LogP contribution is 2.34. The van der Waals surface area contributed by atoms with Crippen molar-refractivity contribution >= 4 is 55.0 Å². The number of nitrogens with zero attached hydrogens (tertiary/aromatic N) is 1. The molecule has 5 nitrogen and oxygen atoms in total. The first-order valence-electron chi connectivity index (χ1n) is 7.96. The van der Waals surface area contributed by atoms with E-state index in [1.165, 1.54) is 6.07 Å². The molecule has 3 aromatic rings. The fourth-order valence-electron chi connectivity index (χ4n) is 2.45. The molecule has 0 spiro atoms. The third kappa shape index (κ3) is 4.50. The van der Waals surface area contributed by atoms with Crippen LogP contribution in [0.1, 0.15) is 20.9 Å². The van der Waals surface area contributed by atoms with E-state index in [-0.39, 0.29) is 16.3 Å². The molecule has 3 rings (SSSR count). The van der Waals surface area contributed by atoms with Crippen molar-refractivity contribution in [2.45, 2.75) is 13.1 Å². The summed E-state index contributed by atoms with van der Waals surface area (Å²) in [4.78, 5) is 28.3. The second kappa shape index (κ2) is 7.88. The normalized spacial score (nSPS) is 11.5. The lowest BCUT2D eigenvalue weighted by molar-refractivity contribution is -0.140. The van der Waals surface area contributed by atoms with Gasteiger partial charge in [-0.25, -0.2) is 4.98 Å². The topological polar surface area (TPSA) is 71.1 Å². The number of hydrogen-bond acceptors (Lipinski definition) is 4. The van der Waals surface area contributed by atoms with E-state index in [1.54, 1.807) is 31.2 Å². The van der Waals surface area contributed by atoms with Gasteiger partial charge >= 0.3 is 6.18 Å². The van der Waals surface area contributed by atoms with Crippen LogP contribution < -0.4 is 10.6 Å². The summed E-state index contributed by atoms with van der Waals surface area (Å²) in [6.07, 6.45) is -4.56. The van der Waals surface area contributed by atoms with Crippen molar-refractivity contribution in [3.05, 3.63) is 57.0 Å². The maximum atomic E-state index is 12.8. The molecular formula is C18H13BrF3N3O2S. The van der Waals surface area contributed by atoms with E-state index in [4.69, 9.17) is 0 Å². The number of benzene rings is 1. The van der Waals surface area contributed by atoms with E-state index in [1.807, 2.05) is 0 Å². The minimum Gasteiger partial charge on any atom is -0.342 e. The van der Waals surface area contributed by atoms with Crippen LogP contribution in [0.15, 0.2) is 40.9 Å². The summed E-state index contributed by atoms with van der Waals surface area (Å²) in [5, 5.41) is 5.58. The first kappa shape index (κ1) is 20.3. The Morgan fingerprint density at radius 2 is 1.82 bits per heavy atom. The largest absolute Gasteiger partial charge is 0.433 e. The number of thiophene rings is 1. The van der Waals surface area contributed by atoms with Gasteiger partial charge in [0.2, 0.25) is 5.91 Å². The van der Waals surface area contributed by atoms with E-state index in [0.29, 0.717) is 16.6 Å².